The summed E-state index contributed by atoms with van der Waals surface area (Å²) >= 11 is 0. The zero-order chi connectivity index (χ0) is 14.0. The molecule has 0 unspecified atom stereocenters. The highest BCUT2D eigenvalue weighted by atomic mass is 16.4. The van der Waals surface area contributed by atoms with Crippen molar-refractivity contribution in [2.45, 2.75) is 12.8 Å². The van der Waals surface area contributed by atoms with Gasteiger partial charge in [0.1, 0.15) is 0 Å². The molecule has 0 bridgehead atoms. The largest absolute Gasteiger partial charge is 0.481 e. The highest BCUT2D eigenvalue weighted by Gasteiger charge is 2.28. The average molecular weight is 264 g/mol. The van der Waals surface area contributed by atoms with Gasteiger partial charge in [-0.05, 0) is 18.9 Å². The number of carbonyl (C=O) groups is 2. The molecule has 1 aliphatic heterocycles. The van der Waals surface area contributed by atoms with E-state index in [2.05, 4.69) is 0 Å². The average Bonchev–Trinajstić information content (AvgIpc) is 2.41. The van der Waals surface area contributed by atoms with Crippen molar-refractivity contribution in [1.29, 1.82) is 0 Å². The molecule has 19 heavy (non-hydrogen) atoms. The second kappa shape index (κ2) is 5.26. The van der Waals surface area contributed by atoms with Crippen LogP contribution in [0.15, 0.2) is 23.1 Å². The molecule has 0 radical (unpaired) electrons. The normalized spacial score (nSPS) is 19.2. The minimum atomic E-state index is -0.863. The first kappa shape index (κ1) is 13.3. The molecule has 1 saturated heterocycles. The Kier molecular flexibility index (Phi) is 3.69. The first-order chi connectivity index (χ1) is 8.99. The molecule has 1 atom stereocenters. The van der Waals surface area contributed by atoms with E-state index in [9.17, 15) is 14.4 Å². The fraction of sp³-hybridized carbons (Fsp3) is 0.462. The zero-order valence-electron chi connectivity index (χ0n) is 10.7. The molecular formula is C13H16N2O4. The van der Waals surface area contributed by atoms with Gasteiger partial charge in [-0.15, -0.1) is 0 Å². The number of rotatable bonds is 2. The van der Waals surface area contributed by atoms with Gasteiger partial charge in [-0.2, -0.15) is 0 Å². The molecule has 1 fully saturated rings. The highest BCUT2D eigenvalue weighted by Crippen LogP contribution is 2.18. The number of piperidine rings is 1. The molecule has 0 aromatic carbocycles. The van der Waals surface area contributed by atoms with E-state index in [-0.39, 0.29) is 18.0 Å². The number of carbonyl (C=O) groups excluding carboxylic acids is 1. The Morgan fingerprint density at radius 3 is 2.74 bits per heavy atom. The number of hydrogen-bond acceptors (Lipinski definition) is 3. The van der Waals surface area contributed by atoms with Gasteiger partial charge in [-0.3, -0.25) is 14.4 Å². The monoisotopic (exact) mass is 264 g/mol. The van der Waals surface area contributed by atoms with Crippen LogP contribution in [-0.2, 0) is 11.8 Å². The number of likely N-dealkylation sites (tertiary alicyclic amines) is 1. The minimum Gasteiger partial charge on any atom is -0.481 e. The van der Waals surface area contributed by atoms with Gasteiger partial charge in [-0.25, -0.2) is 0 Å². The van der Waals surface area contributed by atoms with Crippen molar-refractivity contribution in [2.75, 3.05) is 13.1 Å². The quantitative estimate of drug-likeness (QED) is 0.834. The third-order valence-corrected chi connectivity index (χ3v) is 3.39. The number of aryl methyl sites for hydroxylation is 1. The Hall–Kier alpha value is -2.11. The Bertz CT molecular complexity index is 564. The van der Waals surface area contributed by atoms with Gasteiger partial charge < -0.3 is 14.6 Å². The van der Waals surface area contributed by atoms with Crippen LogP contribution in [0.2, 0.25) is 0 Å². The Morgan fingerprint density at radius 2 is 2.11 bits per heavy atom. The molecule has 0 saturated carbocycles. The van der Waals surface area contributed by atoms with E-state index in [0.717, 1.165) is 0 Å². The Balaban J connectivity index is 2.16. The molecule has 2 rings (SSSR count). The third kappa shape index (κ3) is 2.83. The number of nitrogens with zero attached hydrogens (tertiary/aromatic N) is 2. The zero-order valence-corrected chi connectivity index (χ0v) is 10.7. The molecule has 6 heteroatoms. The minimum absolute atomic E-state index is 0.182. The molecule has 0 aliphatic carbocycles. The number of carboxylic acid groups (broad SMARTS) is 1. The summed E-state index contributed by atoms with van der Waals surface area (Å²) in [7, 11) is 1.58. The molecule has 1 aromatic heterocycles. The van der Waals surface area contributed by atoms with Crippen molar-refractivity contribution >= 4 is 11.9 Å². The summed E-state index contributed by atoms with van der Waals surface area (Å²) in [6.45, 7) is 0.794. The predicted molar refractivity (Wildman–Crippen MR) is 67.9 cm³/mol. The fourth-order valence-corrected chi connectivity index (χ4v) is 2.27. The first-order valence-electron chi connectivity index (χ1n) is 6.18. The topological polar surface area (TPSA) is 79.6 Å². The lowest BCUT2D eigenvalue weighted by atomic mass is 9.98. The molecule has 6 nitrogen and oxygen atoms in total. The SMILES string of the molecule is Cn1cc(C(=O)N2CCC[C@H](C(=O)O)C2)ccc1=O. The van der Waals surface area contributed by atoms with Gasteiger partial charge in [0.05, 0.1) is 11.5 Å². The molecule has 2 heterocycles. The lowest BCUT2D eigenvalue weighted by Gasteiger charge is -2.30. The predicted octanol–water partition coefficient (Wildman–Crippen LogP) is 0.322. The second-order valence-electron chi connectivity index (χ2n) is 4.80. The number of aromatic nitrogens is 1. The van der Waals surface area contributed by atoms with Gasteiger partial charge in [-0.1, -0.05) is 0 Å². The molecule has 1 aliphatic rings. The standard InChI is InChI=1S/C13H16N2O4/c1-14-7-9(4-5-11(14)16)12(17)15-6-2-3-10(8-15)13(18)19/h4-5,7,10H,2-3,6,8H2,1H3,(H,18,19)/t10-/m0/s1. The fourth-order valence-electron chi connectivity index (χ4n) is 2.27. The number of pyridine rings is 1. The number of carboxylic acids is 1. The maximum atomic E-state index is 12.2. The van der Waals surface area contributed by atoms with E-state index < -0.39 is 11.9 Å². The lowest BCUT2D eigenvalue weighted by molar-refractivity contribution is -0.143. The van der Waals surface area contributed by atoms with E-state index >= 15 is 0 Å². The van der Waals surface area contributed by atoms with Crippen LogP contribution in [-0.4, -0.2) is 39.5 Å². The molecule has 0 spiro atoms. The molecule has 1 aromatic rings. The van der Waals surface area contributed by atoms with Crippen LogP contribution in [0.25, 0.3) is 0 Å². The summed E-state index contributed by atoms with van der Waals surface area (Å²) in [6.07, 6.45) is 2.77. The van der Waals surface area contributed by atoms with E-state index in [1.807, 2.05) is 0 Å². The van der Waals surface area contributed by atoms with Crippen LogP contribution in [0.1, 0.15) is 23.2 Å². The number of aliphatic carboxylic acids is 1. The van der Waals surface area contributed by atoms with Crippen molar-refractivity contribution < 1.29 is 14.7 Å². The third-order valence-electron chi connectivity index (χ3n) is 3.39. The maximum absolute atomic E-state index is 12.2. The van der Waals surface area contributed by atoms with Crippen molar-refractivity contribution in [3.05, 3.63) is 34.2 Å². The van der Waals surface area contributed by atoms with E-state index in [1.165, 1.54) is 22.9 Å². The van der Waals surface area contributed by atoms with Crippen molar-refractivity contribution in [3.63, 3.8) is 0 Å². The summed E-state index contributed by atoms with van der Waals surface area (Å²) in [5.41, 5.74) is 0.228. The van der Waals surface area contributed by atoms with E-state index in [0.29, 0.717) is 24.9 Å². The van der Waals surface area contributed by atoms with Crippen LogP contribution in [0.3, 0.4) is 0 Å². The highest BCUT2D eigenvalue weighted by molar-refractivity contribution is 5.94. The van der Waals surface area contributed by atoms with Crippen molar-refractivity contribution in [1.82, 2.24) is 9.47 Å². The van der Waals surface area contributed by atoms with Crippen molar-refractivity contribution in [2.24, 2.45) is 13.0 Å². The van der Waals surface area contributed by atoms with Gasteiger partial charge in [0, 0.05) is 32.4 Å². The Labute approximate surface area is 110 Å². The van der Waals surface area contributed by atoms with E-state index in [4.69, 9.17) is 5.11 Å². The summed E-state index contributed by atoms with van der Waals surface area (Å²) < 4.78 is 1.34. The molecule has 1 amide bonds. The maximum Gasteiger partial charge on any atom is 0.308 e. The van der Waals surface area contributed by atoms with Gasteiger partial charge in [0.2, 0.25) is 5.56 Å². The van der Waals surface area contributed by atoms with Crippen LogP contribution in [0.4, 0.5) is 0 Å². The van der Waals surface area contributed by atoms with Crippen molar-refractivity contribution in [3.8, 4) is 0 Å². The molecule has 102 valence electrons. The van der Waals surface area contributed by atoms with Gasteiger partial charge in [0.15, 0.2) is 0 Å². The van der Waals surface area contributed by atoms with Gasteiger partial charge >= 0.3 is 5.97 Å². The van der Waals surface area contributed by atoms with Gasteiger partial charge in [0.25, 0.3) is 5.91 Å². The summed E-state index contributed by atoms with van der Waals surface area (Å²) in [5, 5.41) is 9.01. The first-order valence-corrected chi connectivity index (χ1v) is 6.18. The van der Waals surface area contributed by atoms with Crippen LogP contribution in [0.5, 0.6) is 0 Å². The van der Waals surface area contributed by atoms with Crippen LogP contribution < -0.4 is 5.56 Å². The van der Waals surface area contributed by atoms with Crippen LogP contribution >= 0.6 is 0 Å². The lowest BCUT2D eigenvalue weighted by Crippen LogP contribution is -2.42. The smallest absolute Gasteiger partial charge is 0.308 e. The number of hydrogen-bond donors (Lipinski definition) is 1. The summed E-state index contributed by atoms with van der Waals surface area (Å²) in [6, 6.07) is 2.82. The second-order valence-corrected chi connectivity index (χ2v) is 4.80. The summed E-state index contributed by atoms with van der Waals surface area (Å²) in [4.78, 5) is 36.0. The molecular weight excluding hydrogens is 248 g/mol. The van der Waals surface area contributed by atoms with Crippen LogP contribution in [0, 0.1) is 5.92 Å². The number of amides is 1. The molecule has 1 N–H and O–H groups in total. The Morgan fingerprint density at radius 1 is 1.37 bits per heavy atom. The van der Waals surface area contributed by atoms with E-state index in [1.54, 1.807) is 11.9 Å². The summed E-state index contributed by atoms with van der Waals surface area (Å²) in [5.74, 6) is -1.58.